The summed E-state index contributed by atoms with van der Waals surface area (Å²) in [6.07, 6.45) is 1.76. The molecule has 3 rings (SSSR count). The van der Waals surface area contributed by atoms with Crippen LogP contribution in [0.25, 0.3) is 10.9 Å². The Kier molecular flexibility index (Phi) is 2.95. The number of benzene rings is 1. The van der Waals surface area contributed by atoms with Gasteiger partial charge in [0, 0.05) is 16.5 Å². The van der Waals surface area contributed by atoms with E-state index in [0.717, 1.165) is 15.3 Å². The number of hydrogen-bond acceptors (Lipinski definition) is 2. The van der Waals surface area contributed by atoms with Crippen molar-refractivity contribution in [3.63, 3.8) is 0 Å². The van der Waals surface area contributed by atoms with Crippen molar-refractivity contribution in [1.82, 2.24) is 4.57 Å². The van der Waals surface area contributed by atoms with Gasteiger partial charge < -0.3 is 4.57 Å². The van der Waals surface area contributed by atoms with Crippen LogP contribution in [0.15, 0.2) is 42.6 Å². The zero-order chi connectivity index (χ0) is 13.4. The first-order valence-corrected chi connectivity index (χ1v) is 6.80. The second kappa shape index (κ2) is 4.63. The molecule has 2 heterocycles. The standard InChI is InChI=1S/C15H12FNOS/c1-10-5-6-15(19-10)14(18)9-17-8-7-11-12(16)3-2-4-13(11)17/h2-8H,9H2,1H3. The highest BCUT2D eigenvalue weighted by atomic mass is 32.1. The van der Waals surface area contributed by atoms with E-state index in [2.05, 4.69) is 0 Å². The molecule has 2 aromatic heterocycles. The van der Waals surface area contributed by atoms with Crippen LogP contribution in [-0.4, -0.2) is 10.4 Å². The Balaban J connectivity index is 1.94. The predicted octanol–water partition coefficient (Wildman–Crippen LogP) is 4.03. The number of Topliss-reactive ketones (excluding diaryl/α,β-unsaturated/α-hetero) is 1. The third-order valence-electron chi connectivity index (χ3n) is 3.09. The highest BCUT2D eigenvalue weighted by Gasteiger charge is 2.11. The molecular weight excluding hydrogens is 261 g/mol. The van der Waals surface area contributed by atoms with E-state index in [0.29, 0.717) is 5.39 Å². The second-order valence-electron chi connectivity index (χ2n) is 4.45. The second-order valence-corrected chi connectivity index (χ2v) is 5.74. The zero-order valence-corrected chi connectivity index (χ0v) is 11.2. The summed E-state index contributed by atoms with van der Waals surface area (Å²) in [5.41, 5.74) is 0.752. The van der Waals surface area contributed by atoms with Crippen molar-refractivity contribution in [2.24, 2.45) is 0 Å². The molecule has 0 N–H and O–H groups in total. The van der Waals surface area contributed by atoms with Crippen molar-refractivity contribution >= 4 is 28.0 Å². The number of carbonyl (C=O) groups excluding carboxylic acids is 1. The zero-order valence-electron chi connectivity index (χ0n) is 10.4. The van der Waals surface area contributed by atoms with E-state index in [9.17, 15) is 9.18 Å². The average Bonchev–Trinajstić information content (AvgIpc) is 2.98. The molecule has 3 aromatic rings. The third kappa shape index (κ3) is 2.19. The molecule has 2 nitrogen and oxygen atoms in total. The molecule has 96 valence electrons. The van der Waals surface area contributed by atoms with Gasteiger partial charge in [0.05, 0.1) is 16.9 Å². The van der Waals surface area contributed by atoms with Crippen molar-refractivity contribution in [1.29, 1.82) is 0 Å². The van der Waals surface area contributed by atoms with E-state index in [1.165, 1.54) is 17.4 Å². The molecule has 0 aliphatic heterocycles. The van der Waals surface area contributed by atoms with Gasteiger partial charge in [0.25, 0.3) is 0 Å². The quantitative estimate of drug-likeness (QED) is 0.660. The minimum Gasteiger partial charge on any atom is -0.340 e. The molecule has 0 spiro atoms. The normalized spacial score (nSPS) is 11.1. The van der Waals surface area contributed by atoms with Crippen LogP contribution in [0, 0.1) is 12.7 Å². The maximum atomic E-state index is 13.6. The van der Waals surface area contributed by atoms with Crippen LogP contribution in [0.4, 0.5) is 4.39 Å². The molecule has 19 heavy (non-hydrogen) atoms. The van der Waals surface area contributed by atoms with E-state index in [1.54, 1.807) is 22.9 Å². The summed E-state index contributed by atoms with van der Waals surface area (Å²) in [7, 11) is 0. The van der Waals surface area contributed by atoms with Crippen LogP contribution >= 0.6 is 11.3 Å². The first-order chi connectivity index (χ1) is 9.15. The van der Waals surface area contributed by atoms with Gasteiger partial charge in [-0.15, -0.1) is 11.3 Å². The average molecular weight is 273 g/mol. The number of rotatable bonds is 3. The highest BCUT2D eigenvalue weighted by Crippen LogP contribution is 2.21. The summed E-state index contributed by atoms with van der Waals surface area (Å²) in [6, 6.07) is 10.4. The summed E-state index contributed by atoms with van der Waals surface area (Å²) in [5.74, 6) is -0.199. The van der Waals surface area contributed by atoms with Crippen molar-refractivity contribution in [3.8, 4) is 0 Å². The number of hydrogen-bond donors (Lipinski definition) is 0. The maximum Gasteiger partial charge on any atom is 0.192 e. The number of aromatic nitrogens is 1. The van der Waals surface area contributed by atoms with E-state index in [-0.39, 0.29) is 18.1 Å². The Morgan fingerprint density at radius 1 is 1.26 bits per heavy atom. The van der Waals surface area contributed by atoms with Crippen LogP contribution in [0.1, 0.15) is 14.5 Å². The summed E-state index contributed by atoms with van der Waals surface area (Å²) in [5, 5.41) is 0.553. The van der Waals surface area contributed by atoms with E-state index >= 15 is 0 Å². The summed E-state index contributed by atoms with van der Waals surface area (Å²) in [6.45, 7) is 2.22. The van der Waals surface area contributed by atoms with Gasteiger partial charge in [-0.2, -0.15) is 0 Å². The van der Waals surface area contributed by atoms with Gasteiger partial charge in [-0.05, 0) is 37.3 Å². The van der Waals surface area contributed by atoms with Crippen molar-refractivity contribution in [2.75, 3.05) is 0 Å². The number of carbonyl (C=O) groups is 1. The molecule has 0 unspecified atom stereocenters. The molecule has 0 aliphatic carbocycles. The molecule has 0 atom stereocenters. The first-order valence-electron chi connectivity index (χ1n) is 5.98. The highest BCUT2D eigenvalue weighted by molar-refractivity contribution is 7.14. The monoisotopic (exact) mass is 273 g/mol. The van der Waals surface area contributed by atoms with Gasteiger partial charge >= 0.3 is 0 Å². The fourth-order valence-electron chi connectivity index (χ4n) is 2.14. The summed E-state index contributed by atoms with van der Waals surface area (Å²) >= 11 is 1.49. The van der Waals surface area contributed by atoms with Gasteiger partial charge in [-0.3, -0.25) is 4.79 Å². The largest absolute Gasteiger partial charge is 0.340 e. The lowest BCUT2D eigenvalue weighted by molar-refractivity contribution is 0.0977. The summed E-state index contributed by atoms with van der Waals surface area (Å²) in [4.78, 5) is 14.0. The van der Waals surface area contributed by atoms with Crippen LogP contribution in [0.3, 0.4) is 0 Å². The van der Waals surface area contributed by atoms with Crippen molar-refractivity contribution in [3.05, 3.63) is 58.2 Å². The molecule has 0 saturated heterocycles. The van der Waals surface area contributed by atoms with Crippen molar-refractivity contribution < 1.29 is 9.18 Å². The lowest BCUT2D eigenvalue weighted by atomic mass is 10.2. The van der Waals surface area contributed by atoms with Crippen LogP contribution in [-0.2, 0) is 6.54 Å². The maximum absolute atomic E-state index is 13.6. The van der Waals surface area contributed by atoms with E-state index in [1.807, 2.05) is 25.1 Å². The van der Waals surface area contributed by atoms with Crippen LogP contribution in [0.5, 0.6) is 0 Å². The number of aryl methyl sites for hydroxylation is 1. The predicted molar refractivity (Wildman–Crippen MR) is 75.3 cm³/mol. The smallest absolute Gasteiger partial charge is 0.192 e. The van der Waals surface area contributed by atoms with Gasteiger partial charge in [-0.1, -0.05) is 6.07 Å². The van der Waals surface area contributed by atoms with Gasteiger partial charge in [0.2, 0.25) is 0 Å². The first kappa shape index (κ1) is 12.1. The Morgan fingerprint density at radius 3 is 2.84 bits per heavy atom. The SMILES string of the molecule is Cc1ccc(C(=O)Cn2ccc3c(F)cccc32)s1. The molecule has 0 saturated carbocycles. The molecule has 0 amide bonds. The van der Waals surface area contributed by atoms with Gasteiger partial charge in [-0.25, -0.2) is 4.39 Å². The number of ketones is 1. The molecule has 0 fully saturated rings. The topological polar surface area (TPSA) is 22.0 Å². The molecule has 0 aliphatic rings. The lowest BCUT2D eigenvalue weighted by Crippen LogP contribution is -2.07. The van der Waals surface area contributed by atoms with E-state index < -0.39 is 0 Å². The molecule has 0 radical (unpaired) electrons. The van der Waals surface area contributed by atoms with Gasteiger partial charge in [0.15, 0.2) is 5.78 Å². The molecular formula is C15H12FNOS. The number of nitrogens with zero attached hydrogens (tertiary/aromatic N) is 1. The Hall–Kier alpha value is -1.94. The third-order valence-corrected chi connectivity index (χ3v) is 4.13. The number of fused-ring (bicyclic) bond motifs is 1. The molecule has 1 aromatic carbocycles. The van der Waals surface area contributed by atoms with Crippen LogP contribution in [0.2, 0.25) is 0 Å². The van der Waals surface area contributed by atoms with E-state index in [4.69, 9.17) is 0 Å². The number of halogens is 1. The minimum absolute atomic E-state index is 0.0554. The summed E-state index contributed by atoms with van der Waals surface area (Å²) < 4.78 is 15.4. The fourth-order valence-corrected chi connectivity index (χ4v) is 2.94. The molecule has 4 heteroatoms. The Labute approximate surface area is 114 Å². The van der Waals surface area contributed by atoms with Crippen molar-refractivity contribution in [2.45, 2.75) is 13.5 Å². The molecule has 0 bridgehead atoms. The van der Waals surface area contributed by atoms with Gasteiger partial charge in [0.1, 0.15) is 5.82 Å². The lowest BCUT2D eigenvalue weighted by Gasteiger charge is -2.03. The Morgan fingerprint density at radius 2 is 2.11 bits per heavy atom. The minimum atomic E-state index is -0.254. The fraction of sp³-hybridized carbons (Fsp3) is 0.133. The Bertz CT molecular complexity index is 756. The number of thiophene rings is 1. The van der Waals surface area contributed by atoms with Crippen LogP contribution < -0.4 is 0 Å².